The van der Waals surface area contributed by atoms with Crippen molar-refractivity contribution in [3.8, 4) is 23.1 Å². The highest BCUT2D eigenvalue weighted by Gasteiger charge is 2.38. The van der Waals surface area contributed by atoms with Crippen molar-refractivity contribution in [3.05, 3.63) is 30.3 Å². The Balaban J connectivity index is 2.47. The van der Waals surface area contributed by atoms with Crippen LogP contribution in [-0.2, 0) is 4.79 Å². The average Bonchev–Trinajstić information content (AvgIpc) is 3.19. The monoisotopic (exact) mass is 428 g/mol. The highest BCUT2D eigenvalue weighted by atomic mass is 16.5. The maximum atomic E-state index is 13.2. The van der Waals surface area contributed by atoms with Crippen molar-refractivity contribution in [2.24, 2.45) is 5.92 Å². The van der Waals surface area contributed by atoms with Crippen LogP contribution in [0.15, 0.2) is 29.1 Å². The quantitative estimate of drug-likeness (QED) is 0.670. The second-order valence-electron chi connectivity index (χ2n) is 8.53. The number of nitrogens with zero attached hydrogens (tertiary/aromatic N) is 3. The molecule has 2 amide bonds. The number of anilines is 1. The Morgan fingerprint density at radius 1 is 1.35 bits per heavy atom. The molecule has 0 spiro atoms. The summed E-state index contributed by atoms with van der Waals surface area (Å²) in [7, 11) is 1.46. The molecule has 1 unspecified atom stereocenters. The van der Waals surface area contributed by atoms with Crippen LogP contribution in [0.4, 0.5) is 10.5 Å². The number of benzene rings is 1. The summed E-state index contributed by atoms with van der Waals surface area (Å²) in [5.41, 5.74) is 0.117. The Bertz CT molecular complexity index is 971. The molecule has 0 saturated carbocycles. The molecule has 2 N–H and O–H groups in total. The number of hydrogen-bond donors (Lipinski definition) is 2. The molecule has 0 saturated heterocycles. The van der Waals surface area contributed by atoms with Gasteiger partial charge in [0.15, 0.2) is 12.2 Å². The third-order valence-corrected chi connectivity index (χ3v) is 4.65. The Kier molecular flexibility index (Phi) is 7.28. The summed E-state index contributed by atoms with van der Waals surface area (Å²) < 4.78 is 10.7. The molecule has 31 heavy (non-hydrogen) atoms. The Morgan fingerprint density at radius 2 is 2.03 bits per heavy atom. The van der Waals surface area contributed by atoms with Gasteiger partial charge in [0.05, 0.1) is 30.1 Å². The lowest BCUT2D eigenvalue weighted by atomic mass is 9.96. The van der Waals surface area contributed by atoms with Crippen LogP contribution < -0.4 is 10.1 Å². The molecule has 0 aliphatic rings. The van der Waals surface area contributed by atoms with Crippen molar-refractivity contribution in [2.45, 2.75) is 52.6 Å². The maximum Gasteiger partial charge on any atom is 0.408 e. The van der Waals surface area contributed by atoms with Gasteiger partial charge < -0.3 is 19.6 Å². The predicted molar refractivity (Wildman–Crippen MR) is 115 cm³/mol. The lowest BCUT2D eigenvalue weighted by molar-refractivity contribution is -0.123. The molecule has 1 heterocycles. The summed E-state index contributed by atoms with van der Waals surface area (Å²) in [6.07, 6.45) is 1.89. The smallest absolute Gasteiger partial charge is 0.408 e. The summed E-state index contributed by atoms with van der Waals surface area (Å²) in [6, 6.07) is 4.16. The Morgan fingerprint density at radius 3 is 2.48 bits per heavy atom. The number of nitriles is 1. The first-order valence-corrected chi connectivity index (χ1v) is 9.83. The summed E-state index contributed by atoms with van der Waals surface area (Å²) in [4.78, 5) is 30.2. The molecule has 1 atom stereocenters. The zero-order valence-electron chi connectivity index (χ0n) is 18.6. The Labute approximate surface area is 181 Å². The second kappa shape index (κ2) is 9.51. The minimum Gasteiger partial charge on any atom is -0.496 e. The van der Waals surface area contributed by atoms with Crippen LogP contribution in [0.25, 0.3) is 11.3 Å². The molecule has 9 nitrogen and oxygen atoms in total. The van der Waals surface area contributed by atoms with Crippen LogP contribution in [0.5, 0.6) is 5.75 Å². The van der Waals surface area contributed by atoms with Gasteiger partial charge in [-0.25, -0.2) is 9.78 Å². The number of hydrogen-bond acceptors (Lipinski definition) is 6. The molecular formula is C22H28N4O5. The van der Waals surface area contributed by atoms with Gasteiger partial charge in [0.25, 0.3) is 0 Å². The van der Waals surface area contributed by atoms with E-state index in [2.05, 4.69) is 16.4 Å². The predicted octanol–water partition coefficient (Wildman–Crippen LogP) is 4.35. The molecular weight excluding hydrogens is 400 g/mol. The minimum atomic E-state index is -1.19. The summed E-state index contributed by atoms with van der Waals surface area (Å²) in [5, 5.41) is 22.2. The van der Waals surface area contributed by atoms with Crippen LogP contribution in [-0.4, -0.2) is 45.7 Å². The molecule has 2 aromatic rings. The second-order valence-corrected chi connectivity index (χ2v) is 8.53. The van der Waals surface area contributed by atoms with Gasteiger partial charge in [-0.15, -0.1) is 0 Å². The first-order valence-electron chi connectivity index (χ1n) is 9.83. The third kappa shape index (κ3) is 5.54. The fraction of sp³-hybridized carbons (Fsp3) is 0.455. The minimum absolute atomic E-state index is 0.0683. The van der Waals surface area contributed by atoms with Crippen molar-refractivity contribution in [1.82, 2.24) is 9.88 Å². The van der Waals surface area contributed by atoms with Crippen molar-refractivity contribution >= 4 is 17.7 Å². The number of carbonyl (C=O) groups is 2. The van der Waals surface area contributed by atoms with Crippen LogP contribution >= 0.6 is 0 Å². The fourth-order valence-corrected chi connectivity index (χ4v) is 3.37. The highest BCUT2D eigenvalue weighted by Crippen LogP contribution is 2.35. The van der Waals surface area contributed by atoms with Gasteiger partial charge in [0.1, 0.15) is 17.9 Å². The number of aromatic nitrogens is 1. The molecule has 0 radical (unpaired) electrons. The van der Waals surface area contributed by atoms with Gasteiger partial charge >= 0.3 is 6.09 Å². The number of ether oxygens (including phenoxy) is 1. The first kappa shape index (κ1) is 23.7. The lowest BCUT2D eigenvalue weighted by Crippen LogP contribution is -2.56. The zero-order valence-corrected chi connectivity index (χ0v) is 18.6. The molecule has 0 aliphatic heterocycles. The van der Waals surface area contributed by atoms with E-state index in [-0.39, 0.29) is 17.2 Å². The zero-order chi connectivity index (χ0) is 23.3. The van der Waals surface area contributed by atoms with Crippen LogP contribution in [0, 0.1) is 17.2 Å². The van der Waals surface area contributed by atoms with E-state index in [1.54, 1.807) is 20.8 Å². The van der Waals surface area contributed by atoms with Crippen molar-refractivity contribution in [3.63, 3.8) is 0 Å². The average molecular weight is 428 g/mol. The Hall–Kier alpha value is -3.54. The first-order chi connectivity index (χ1) is 14.5. The van der Waals surface area contributed by atoms with E-state index in [0.717, 1.165) is 4.90 Å². The number of carboxylic acid groups (broad SMARTS) is 1. The van der Waals surface area contributed by atoms with Gasteiger partial charge in [-0.2, -0.15) is 5.26 Å². The van der Waals surface area contributed by atoms with E-state index in [1.165, 1.54) is 31.8 Å². The molecule has 9 heteroatoms. The van der Waals surface area contributed by atoms with E-state index in [0.29, 0.717) is 23.5 Å². The number of carbonyl (C=O) groups excluding carboxylic acids is 1. The molecule has 0 bridgehead atoms. The van der Waals surface area contributed by atoms with Gasteiger partial charge in [0.2, 0.25) is 5.91 Å². The largest absolute Gasteiger partial charge is 0.496 e. The number of oxazole rings is 1. The normalized spacial score (nSPS) is 12.2. The van der Waals surface area contributed by atoms with Crippen molar-refractivity contribution in [2.75, 3.05) is 12.4 Å². The van der Waals surface area contributed by atoms with E-state index >= 15 is 0 Å². The SMILES string of the molecule is COc1cc(NC(=O)C(CC(C)C)N(C(=O)O)C(C)(C)C)c(C#N)cc1-c1cnco1. The molecule has 1 aromatic carbocycles. The molecule has 2 rings (SSSR count). The van der Waals surface area contributed by atoms with E-state index < -0.39 is 23.6 Å². The maximum absolute atomic E-state index is 13.2. The van der Waals surface area contributed by atoms with Crippen molar-refractivity contribution in [1.29, 1.82) is 5.26 Å². The summed E-state index contributed by atoms with van der Waals surface area (Å²) >= 11 is 0. The lowest BCUT2D eigenvalue weighted by Gasteiger charge is -2.39. The van der Waals surface area contributed by atoms with Crippen LogP contribution in [0.3, 0.4) is 0 Å². The van der Waals surface area contributed by atoms with Crippen LogP contribution in [0.1, 0.15) is 46.6 Å². The molecule has 0 fully saturated rings. The summed E-state index contributed by atoms with van der Waals surface area (Å²) in [6.45, 7) is 9.03. The van der Waals surface area contributed by atoms with E-state index in [4.69, 9.17) is 9.15 Å². The molecule has 166 valence electrons. The highest BCUT2D eigenvalue weighted by molar-refractivity contribution is 5.98. The molecule has 0 aliphatic carbocycles. The number of nitrogens with one attached hydrogen (secondary N) is 1. The fourth-order valence-electron chi connectivity index (χ4n) is 3.37. The van der Waals surface area contributed by atoms with E-state index in [9.17, 15) is 20.0 Å². The third-order valence-electron chi connectivity index (χ3n) is 4.65. The van der Waals surface area contributed by atoms with Gasteiger partial charge in [-0.3, -0.25) is 9.69 Å². The number of rotatable bonds is 7. The topological polar surface area (TPSA) is 129 Å². The van der Waals surface area contributed by atoms with Crippen molar-refractivity contribution < 1.29 is 23.8 Å². The van der Waals surface area contributed by atoms with E-state index in [1.807, 2.05) is 13.8 Å². The van der Waals surface area contributed by atoms with Gasteiger partial charge in [-0.05, 0) is 39.2 Å². The number of methoxy groups -OCH3 is 1. The standard InChI is InChI=1S/C22H28N4O5/c1-13(2)7-17(26(21(28)29)22(3,4)5)20(27)25-16-9-18(30-6)15(8-14(16)10-23)19-11-24-12-31-19/h8-9,11-13,17H,7H2,1-6H3,(H,25,27)(H,28,29). The summed E-state index contributed by atoms with van der Waals surface area (Å²) in [5.74, 6) is 0.335. The van der Waals surface area contributed by atoms with Crippen LogP contribution in [0.2, 0.25) is 0 Å². The molecule has 1 aromatic heterocycles. The number of amides is 2. The van der Waals surface area contributed by atoms with Gasteiger partial charge in [-0.1, -0.05) is 13.8 Å². The van der Waals surface area contributed by atoms with Gasteiger partial charge in [0, 0.05) is 11.6 Å².